The Balaban J connectivity index is 1.88. The van der Waals surface area contributed by atoms with E-state index in [4.69, 9.17) is 9.47 Å². The first-order chi connectivity index (χ1) is 17.3. The number of hydrogen-bond acceptors (Lipinski definition) is 6. The second-order valence-corrected chi connectivity index (χ2v) is 8.20. The van der Waals surface area contributed by atoms with Crippen molar-refractivity contribution in [1.82, 2.24) is 9.97 Å². The predicted octanol–water partition coefficient (Wildman–Crippen LogP) is 5.87. The highest BCUT2D eigenvalue weighted by Crippen LogP contribution is 2.35. The fraction of sp³-hybridized carbons (Fsp3) is 0.333. The molecule has 0 radical (unpaired) electrons. The summed E-state index contributed by atoms with van der Waals surface area (Å²) in [5.74, 6) is -3.49. The van der Waals surface area contributed by atoms with Crippen molar-refractivity contribution in [3.05, 3.63) is 95.6 Å². The zero-order valence-electron chi connectivity index (χ0n) is 19.8. The molecular weight excluding hydrogens is 473 g/mol. The maximum absolute atomic E-state index is 13.3. The van der Waals surface area contributed by atoms with Gasteiger partial charge in [0.15, 0.2) is 0 Å². The minimum Gasteiger partial charge on any atom is -0.459 e. The molecule has 190 valence electrons. The quantitative estimate of drug-likeness (QED) is 0.306. The van der Waals surface area contributed by atoms with Gasteiger partial charge in [-0.05, 0) is 48.4 Å². The normalized spacial score (nSPS) is 13.0. The molecule has 2 atom stereocenters. The van der Waals surface area contributed by atoms with Crippen LogP contribution in [0.3, 0.4) is 0 Å². The van der Waals surface area contributed by atoms with Crippen LogP contribution in [-0.2, 0) is 38.5 Å². The number of pyridine rings is 2. The zero-order chi connectivity index (χ0) is 26.0. The molecule has 36 heavy (non-hydrogen) atoms. The van der Waals surface area contributed by atoms with Gasteiger partial charge in [0, 0.05) is 12.4 Å². The van der Waals surface area contributed by atoms with Crippen molar-refractivity contribution in [2.45, 2.75) is 51.5 Å². The molecule has 0 saturated heterocycles. The van der Waals surface area contributed by atoms with Crippen LogP contribution in [0.1, 0.15) is 54.6 Å². The van der Waals surface area contributed by atoms with E-state index in [1.807, 2.05) is 6.92 Å². The Labute approximate surface area is 207 Å². The first-order valence-electron chi connectivity index (χ1n) is 11.6. The number of hydrogen-bond donors (Lipinski definition) is 0. The van der Waals surface area contributed by atoms with E-state index in [-0.39, 0.29) is 18.8 Å². The average Bonchev–Trinajstić information content (AvgIpc) is 2.89. The fourth-order valence-electron chi connectivity index (χ4n) is 3.71. The van der Waals surface area contributed by atoms with E-state index in [9.17, 15) is 22.8 Å². The van der Waals surface area contributed by atoms with E-state index in [0.29, 0.717) is 24.2 Å². The summed E-state index contributed by atoms with van der Waals surface area (Å²) in [5, 5.41) is 0. The van der Waals surface area contributed by atoms with Gasteiger partial charge in [-0.1, -0.05) is 44.0 Å². The van der Waals surface area contributed by atoms with Gasteiger partial charge >= 0.3 is 18.1 Å². The maximum atomic E-state index is 13.3. The smallest absolute Gasteiger partial charge is 0.416 e. The maximum Gasteiger partial charge on any atom is 0.416 e. The molecule has 2 aromatic heterocycles. The largest absolute Gasteiger partial charge is 0.459 e. The Bertz CT molecular complexity index is 1110. The summed E-state index contributed by atoms with van der Waals surface area (Å²) in [5.41, 5.74) is 0.420. The molecule has 0 spiro atoms. The van der Waals surface area contributed by atoms with Crippen LogP contribution in [0.2, 0.25) is 0 Å². The number of carbonyl (C=O) groups excluding carboxylic acids is 2. The third-order valence-electron chi connectivity index (χ3n) is 5.60. The van der Waals surface area contributed by atoms with Gasteiger partial charge < -0.3 is 9.47 Å². The minimum atomic E-state index is -4.53. The molecular formula is C27H27F3N2O4. The Kier molecular flexibility index (Phi) is 9.55. The number of carbonyl (C=O) groups is 2. The summed E-state index contributed by atoms with van der Waals surface area (Å²) in [6, 6.07) is 14.5. The SMILES string of the molecule is CCCC[C@@H](C(=O)OCc1ccccn1)[C@@H](C(=O)OCc1ccccn1)c1ccc(C(F)(F)F)cc1. The van der Waals surface area contributed by atoms with Crippen molar-refractivity contribution < 1.29 is 32.2 Å². The number of ether oxygens (including phenoxy) is 2. The van der Waals surface area contributed by atoms with Gasteiger partial charge in [0.2, 0.25) is 0 Å². The van der Waals surface area contributed by atoms with E-state index in [1.165, 1.54) is 12.1 Å². The number of alkyl halides is 3. The molecule has 1 aromatic carbocycles. The first kappa shape index (κ1) is 26.8. The van der Waals surface area contributed by atoms with E-state index >= 15 is 0 Å². The lowest BCUT2D eigenvalue weighted by molar-refractivity contribution is -0.159. The van der Waals surface area contributed by atoms with Gasteiger partial charge in [-0.2, -0.15) is 13.2 Å². The Morgan fingerprint density at radius 1 is 0.833 bits per heavy atom. The summed E-state index contributed by atoms with van der Waals surface area (Å²) in [7, 11) is 0. The molecule has 2 heterocycles. The number of unbranched alkanes of at least 4 members (excludes halogenated alkanes) is 1. The van der Waals surface area contributed by atoms with Gasteiger partial charge in [0.25, 0.3) is 0 Å². The highest BCUT2D eigenvalue weighted by atomic mass is 19.4. The molecule has 0 aliphatic rings. The lowest BCUT2D eigenvalue weighted by atomic mass is 9.82. The fourth-order valence-corrected chi connectivity index (χ4v) is 3.71. The van der Waals surface area contributed by atoms with Gasteiger partial charge in [-0.25, -0.2) is 0 Å². The molecule has 0 aliphatic carbocycles. The van der Waals surface area contributed by atoms with Gasteiger partial charge in [-0.15, -0.1) is 0 Å². The van der Waals surface area contributed by atoms with E-state index < -0.39 is 35.5 Å². The van der Waals surface area contributed by atoms with Gasteiger partial charge in [-0.3, -0.25) is 19.6 Å². The molecule has 0 amide bonds. The van der Waals surface area contributed by atoms with Crippen molar-refractivity contribution in [1.29, 1.82) is 0 Å². The topological polar surface area (TPSA) is 78.4 Å². The third kappa shape index (κ3) is 7.63. The number of halogens is 3. The number of nitrogens with zero attached hydrogens (tertiary/aromatic N) is 2. The first-order valence-corrected chi connectivity index (χ1v) is 11.6. The lowest BCUT2D eigenvalue weighted by Crippen LogP contribution is -2.31. The van der Waals surface area contributed by atoms with Crippen molar-refractivity contribution in [3.8, 4) is 0 Å². The minimum absolute atomic E-state index is 0.0922. The second kappa shape index (κ2) is 12.8. The highest BCUT2D eigenvalue weighted by Gasteiger charge is 2.38. The summed E-state index contributed by atoms with van der Waals surface area (Å²) < 4.78 is 50.3. The average molecular weight is 501 g/mol. The molecule has 0 N–H and O–H groups in total. The second-order valence-electron chi connectivity index (χ2n) is 8.20. The number of benzene rings is 1. The predicted molar refractivity (Wildman–Crippen MR) is 125 cm³/mol. The van der Waals surface area contributed by atoms with Gasteiger partial charge in [0.1, 0.15) is 13.2 Å². The Morgan fingerprint density at radius 2 is 1.39 bits per heavy atom. The van der Waals surface area contributed by atoms with Gasteiger partial charge in [0.05, 0.1) is 28.8 Å². The standard InChI is InChI=1S/C27H27F3N2O4/c1-2-3-10-23(25(33)35-17-21-8-4-6-15-31-21)24(19-11-13-20(14-12-19)27(28,29)30)26(34)36-18-22-9-5-7-16-32-22/h4-9,11-16,23-24H,2-3,10,17-18H2,1H3/t23-,24+/m1/s1. The Hall–Kier alpha value is -3.75. The van der Waals surface area contributed by atoms with Crippen LogP contribution in [0.25, 0.3) is 0 Å². The number of esters is 2. The molecule has 3 aromatic rings. The van der Waals surface area contributed by atoms with E-state index in [0.717, 1.165) is 18.6 Å². The van der Waals surface area contributed by atoms with Crippen molar-refractivity contribution in [2.24, 2.45) is 5.92 Å². The van der Waals surface area contributed by atoms with Crippen LogP contribution in [-0.4, -0.2) is 21.9 Å². The summed E-state index contributed by atoms with van der Waals surface area (Å²) in [6.45, 7) is 1.70. The highest BCUT2D eigenvalue weighted by molar-refractivity contribution is 5.86. The molecule has 9 heteroatoms. The Morgan fingerprint density at radius 3 is 1.86 bits per heavy atom. The summed E-state index contributed by atoms with van der Waals surface area (Å²) in [6.07, 6.45) is 0.229. The monoisotopic (exact) mass is 500 g/mol. The molecule has 0 bridgehead atoms. The van der Waals surface area contributed by atoms with Crippen LogP contribution >= 0.6 is 0 Å². The number of aromatic nitrogens is 2. The van der Waals surface area contributed by atoms with Crippen LogP contribution in [0, 0.1) is 5.92 Å². The molecule has 0 unspecified atom stereocenters. The van der Waals surface area contributed by atoms with Crippen molar-refractivity contribution in [3.63, 3.8) is 0 Å². The van der Waals surface area contributed by atoms with Crippen LogP contribution in [0.15, 0.2) is 73.1 Å². The molecule has 6 nitrogen and oxygen atoms in total. The molecule has 0 fully saturated rings. The lowest BCUT2D eigenvalue weighted by Gasteiger charge is -2.25. The van der Waals surface area contributed by atoms with Crippen LogP contribution < -0.4 is 0 Å². The molecule has 0 aliphatic heterocycles. The summed E-state index contributed by atoms with van der Waals surface area (Å²) >= 11 is 0. The zero-order valence-corrected chi connectivity index (χ0v) is 19.8. The molecule has 3 rings (SSSR count). The third-order valence-corrected chi connectivity index (χ3v) is 5.60. The molecule has 0 saturated carbocycles. The summed E-state index contributed by atoms with van der Waals surface area (Å²) in [4.78, 5) is 34.7. The van der Waals surface area contributed by atoms with Crippen molar-refractivity contribution >= 4 is 11.9 Å². The van der Waals surface area contributed by atoms with E-state index in [2.05, 4.69) is 9.97 Å². The number of rotatable bonds is 11. The van der Waals surface area contributed by atoms with Crippen LogP contribution in [0.4, 0.5) is 13.2 Å². The van der Waals surface area contributed by atoms with E-state index in [1.54, 1.807) is 48.8 Å². The van der Waals surface area contributed by atoms with Crippen molar-refractivity contribution in [2.75, 3.05) is 0 Å². The van der Waals surface area contributed by atoms with Crippen LogP contribution in [0.5, 0.6) is 0 Å².